The Bertz CT molecular complexity index is 1590. The number of hydrogen-bond acceptors (Lipinski definition) is 10. The molecular weight excluding hydrogens is 904 g/mol. The fraction of sp³-hybridized carbons (Fsp3) is 0.638. The number of esters is 3. The number of unbranched alkanes of at least 4 members (excludes halogenated alkanes) is 13. The molecule has 0 heterocycles. The van der Waals surface area contributed by atoms with Gasteiger partial charge in [-0.25, -0.2) is 4.57 Å². The zero-order valence-corrected chi connectivity index (χ0v) is 44.6. The molecule has 2 N–H and O–H groups in total. The third kappa shape index (κ3) is 49.1. The van der Waals surface area contributed by atoms with Gasteiger partial charge >= 0.3 is 25.7 Å². The van der Waals surface area contributed by atoms with Crippen molar-refractivity contribution in [3.8, 4) is 0 Å². The molecule has 11 nitrogen and oxygen atoms in total. The number of phosphoric ester groups is 1. The van der Waals surface area contributed by atoms with E-state index in [1.54, 1.807) is 0 Å². The molecule has 0 aliphatic heterocycles. The lowest BCUT2D eigenvalue weighted by molar-refractivity contribution is -0.161. The number of aliphatic hydroxyl groups excluding tert-OH is 1. The first-order valence-corrected chi connectivity index (χ1v) is 28.3. The molecular formula is C58H95O11P. The number of carbonyl (C=O) groups excluding carboxylic acids is 3. The van der Waals surface area contributed by atoms with Crippen LogP contribution in [-0.4, -0.2) is 66.5 Å². The average Bonchev–Trinajstić information content (AvgIpc) is 3.35. The van der Waals surface area contributed by atoms with Crippen molar-refractivity contribution in [3.05, 3.63) is 109 Å². The Balaban J connectivity index is 4.85. The van der Waals surface area contributed by atoms with Crippen molar-refractivity contribution in [2.75, 3.05) is 26.4 Å². The number of hydrogen-bond donors (Lipinski definition) is 2. The van der Waals surface area contributed by atoms with Crippen LogP contribution in [0.4, 0.5) is 0 Å². The Labute approximate surface area is 425 Å². The molecule has 0 amide bonds. The zero-order valence-electron chi connectivity index (χ0n) is 43.7. The fourth-order valence-corrected chi connectivity index (χ4v) is 7.42. The third-order valence-electron chi connectivity index (χ3n) is 10.6. The summed E-state index contributed by atoms with van der Waals surface area (Å²) < 4.78 is 39.3. The van der Waals surface area contributed by atoms with Crippen molar-refractivity contribution in [3.63, 3.8) is 0 Å². The molecule has 0 aromatic heterocycles. The molecule has 0 rings (SSSR count). The Morgan fingerprint density at radius 1 is 0.414 bits per heavy atom. The lowest BCUT2D eigenvalue weighted by Crippen LogP contribution is -2.30. The van der Waals surface area contributed by atoms with Gasteiger partial charge < -0.3 is 24.2 Å². The van der Waals surface area contributed by atoms with Crippen molar-refractivity contribution in [1.29, 1.82) is 0 Å². The maximum absolute atomic E-state index is 12.9. The lowest BCUT2D eigenvalue weighted by Gasteiger charge is -2.21. The van der Waals surface area contributed by atoms with E-state index < -0.39 is 57.8 Å². The molecule has 0 radical (unpaired) electrons. The molecule has 0 bridgehead atoms. The topological polar surface area (TPSA) is 155 Å². The first-order valence-electron chi connectivity index (χ1n) is 26.8. The Morgan fingerprint density at radius 2 is 0.743 bits per heavy atom. The summed E-state index contributed by atoms with van der Waals surface area (Å²) in [6.07, 6.45) is 60.6. The highest BCUT2D eigenvalue weighted by Crippen LogP contribution is 2.43. The number of allylic oxidation sites excluding steroid dienone is 18. The Morgan fingerprint density at radius 3 is 1.17 bits per heavy atom. The van der Waals surface area contributed by atoms with Gasteiger partial charge in [0.25, 0.3) is 0 Å². The fourth-order valence-electron chi connectivity index (χ4n) is 6.63. The van der Waals surface area contributed by atoms with E-state index in [-0.39, 0.29) is 25.9 Å². The van der Waals surface area contributed by atoms with Crippen LogP contribution in [0, 0.1) is 0 Å². The van der Waals surface area contributed by atoms with Crippen LogP contribution in [0.3, 0.4) is 0 Å². The molecule has 0 aromatic rings. The number of phosphoric acid groups is 1. The van der Waals surface area contributed by atoms with E-state index >= 15 is 0 Å². The molecule has 0 spiro atoms. The molecule has 12 heteroatoms. The summed E-state index contributed by atoms with van der Waals surface area (Å²) in [6.45, 7) is 4.24. The Hall–Kier alpha value is -3.86. The molecule has 0 aromatic carbocycles. The van der Waals surface area contributed by atoms with Crippen molar-refractivity contribution >= 4 is 25.7 Å². The normalized spacial score (nSPS) is 14.3. The van der Waals surface area contributed by atoms with Crippen LogP contribution in [0.15, 0.2) is 109 Å². The maximum atomic E-state index is 12.9. The van der Waals surface area contributed by atoms with Crippen LogP contribution in [-0.2, 0) is 42.2 Å². The van der Waals surface area contributed by atoms with Gasteiger partial charge in [0, 0.05) is 19.3 Å². The summed E-state index contributed by atoms with van der Waals surface area (Å²) in [5.41, 5.74) is 0. The van der Waals surface area contributed by atoms with Crippen LogP contribution < -0.4 is 0 Å². The second kappa shape index (κ2) is 51.5. The minimum atomic E-state index is -4.77. The highest BCUT2D eigenvalue weighted by Gasteiger charge is 2.28. The van der Waals surface area contributed by atoms with Crippen molar-refractivity contribution in [1.82, 2.24) is 0 Å². The maximum Gasteiger partial charge on any atom is 0.472 e. The van der Waals surface area contributed by atoms with E-state index in [1.165, 1.54) is 0 Å². The molecule has 0 fully saturated rings. The summed E-state index contributed by atoms with van der Waals surface area (Å²) in [6, 6.07) is 0. The average molecular weight is 999 g/mol. The summed E-state index contributed by atoms with van der Waals surface area (Å²) in [5.74, 6) is -1.56. The minimum Gasteiger partial charge on any atom is -0.462 e. The molecule has 0 saturated carbocycles. The van der Waals surface area contributed by atoms with Gasteiger partial charge in [0.15, 0.2) is 6.10 Å². The molecule has 0 aliphatic carbocycles. The molecule has 70 heavy (non-hydrogen) atoms. The monoisotopic (exact) mass is 999 g/mol. The number of aliphatic hydroxyl groups is 1. The van der Waals surface area contributed by atoms with Gasteiger partial charge in [0.2, 0.25) is 0 Å². The predicted molar refractivity (Wildman–Crippen MR) is 288 cm³/mol. The van der Waals surface area contributed by atoms with Gasteiger partial charge in [0.1, 0.15) is 12.7 Å². The predicted octanol–water partition coefficient (Wildman–Crippen LogP) is 15.5. The van der Waals surface area contributed by atoms with Gasteiger partial charge in [-0.2, -0.15) is 0 Å². The van der Waals surface area contributed by atoms with Crippen molar-refractivity contribution in [2.24, 2.45) is 0 Å². The molecule has 3 atom stereocenters. The standard InChI is InChI=1S/C58H95O11P/c1-4-7-10-13-16-19-22-25-27-30-32-35-38-41-44-47-56(60)65-51-55(69-58(62)49-46-43-40-37-34-31-28-26-23-20-17-14-11-8-5-2)53-67-70(63,64)66-52-54(50-59)68-57(61)48-45-42-39-36-33-29-24-21-18-15-12-9-6-3/h7-8,10-12,15-17,19-21,24-28,32,35,54-55,59H,4-6,9,13-14,18,22-23,29-31,33-34,36-53H2,1-3H3,(H,63,64)/b10-7-,11-8-,15-12-,19-16-,20-17-,24-21-,27-25-,28-26-,35-32-. The van der Waals surface area contributed by atoms with Crippen molar-refractivity contribution < 1.29 is 52.2 Å². The van der Waals surface area contributed by atoms with Crippen molar-refractivity contribution in [2.45, 2.75) is 213 Å². The van der Waals surface area contributed by atoms with Crippen LogP contribution in [0.2, 0.25) is 0 Å². The molecule has 3 unspecified atom stereocenters. The first kappa shape index (κ1) is 66.1. The lowest BCUT2D eigenvalue weighted by atomic mass is 10.1. The van der Waals surface area contributed by atoms with E-state index in [0.29, 0.717) is 19.3 Å². The summed E-state index contributed by atoms with van der Waals surface area (Å²) in [5, 5.41) is 9.78. The summed E-state index contributed by atoms with van der Waals surface area (Å²) in [7, 11) is -4.77. The van der Waals surface area contributed by atoms with Gasteiger partial charge in [-0.05, 0) is 116 Å². The van der Waals surface area contributed by atoms with Crippen LogP contribution in [0.25, 0.3) is 0 Å². The molecule has 398 valence electrons. The highest BCUT2D eigenvalue weighted by atomic mass is 31.2. The SMILES string of the molecule is CC/C=C\C/C=C\C/C=C\C/C=C\CCCCC(=O)OCC(COP(=O)(O)OCC(CO)OC(=O)CCCCCCC/C=C\C/C=C\CCC)OC(=O)CCCCCCC/C=C\C/C=C\C/C=C\CC. The number of ether oxygens (including phenoxy) is 3. The summed E-state index contributed by atoms with van der Waals surface area (Å²) in [4.78, 5) is 48.4. The molecule has 0 aliphatic rings. The van der Waals surface area contributed by atoms with E-state index in [9.17, 15) is 28.9 Å². The van der Waals surface area contributed by atoms with Crippen LogP contribution in [0.1, 0.15) is 201 Å². The summed E-state index contributed by atoms with van der Waals surface area (Å²) >= 11 is 0. The minimum absolute atomic E-state index is 0.132. The second-order valence-corrected chi connectivity index (χ2v) is 18.7. The quantitative estimate of drug-likeness (QED) is 0.0197. The van der Waals surface area contributed by atoms with E-state index in [2.05, 4.69) is 130 Å². The highest BCUT2D eigenvalue weighted by molar-refractivity contribution is 7.47. The Kier molecular flexibility index (Phi) is 48.7. The van der Waals surface area contributed by atoms with Gasteiger partial charge in [-0.15, -0.1) is 0 Å². The van der Waals surface area contributed by atoms with Gasteiger partial charge in [-0.1, -0.05) is 175 Å². The number of rotatable bonds is 48. The van der Waals surface area contributed by atoms with Crippen LogP contribution >= 0.6 is 7.82 Å². The van der Waals surface area contributed by atoms with Crippen LogP contribution in [0.5, 0.6) is 0 Å². The van der Waals surface area contributed by atoms with E-state index in [4.69, 9.17) is 23.3 Å². The molecule has 0 saturated heterocycles. The first-order chi connectivity index (χ1) is 34.2. The van der Waals surface area contributed by atoms with E-state index in [0.717, 1.165) is 141 Å². The van der Waals surface area contributed by atoms with Gasteiger partial charge in [-0.3, -0.25) is 23.4 Å². The third-order valence-corrected chi connectivity index (χ3v) is 11.6. The number of carbonyl (C=O) groups is 3. The van der Waals surface area contributed by atoms with E-state index in [1.807, 2.05) is 0 Å². The smallest absolute Gasteiger partial charge is 0.462 e. The second-order valence-electron chi connectivity index (χ2n) is 17.3. The van der Waals surface area contributed by atoms with Gasteiger partial charge in [0.05, 0.1) is 19.8 Å². The zero-order chi connectivity index (χ0) is 51.3. The largest absolute Gasteiger partial charge is 0.472 e.